The monoisotopic (exact) mass is 292 g/mol. The van der Waals surface area contributed by atoms with E-state index in [4.69, 9.17) is 5.73 Å². The standard InChI is InChI=1S/C14H24N6O/c1-3-19(4-2)13-16-12(15)17-14(18-13)20-9-5-6-10(20)8-11(21)7-9/h9-11,21H,3-8H2,1-2H3,(H2,15,16,17,18). The molecule has 116 valence electrons. The first-order valence-corrected chi connectivity index (χ1v) is 7.85. The Morgan fingerprint density at radius 1 is 1.14 bits per heavy atom. The molecule has 1 aromatic heterocycles. The first kappa shape index (κ1) is 14.3. The maximum Gasteiger partial charge on any atom is 0.232 e. The van der Waals surface area contributed by atoms with Crippen molar-refractivity contribution in [2.75, 3.05) is 28.6 Å². The molecule has 3 N–H and O–H groups in total. The minimum Gasteiger partial charge on any atom is -0.393 e. The Hall–Kier alpha value is -1.63. The number of fused-ring (bicyclic) bond motifs is 2. The molecule has 0 spiro atoms. The summed E-state index contributed by atoms with van der Waals surface area (Å²) in [5, 5.41) is 9.92. The van der Waals surface area contributed by atoms with Crippen LogP contribution in [0.1, 0.15) is 39.5 Å². The van der Waals surface area contributed by atoms with Crippen LogP contribution >= 0.6 is 0 Å². The Bertz CT molecular complexity index is 492. The van der Waals surface area contributed by atoms with Crippen molar-refractivity contribution in [3.05, 3.63) is 0 Å². The van der Waals surface area contributed by atoms with Gasteiger partial charge in [-0.15, -0.1) is 0 Å². The van der Waals surface area contributed by atoms with E-state index in [2.05, 4.69) is 38.6 Å². The number of rotatable bonds is 4. The highest BCUT2D eigenvalue weighted by Crippen LogP contribution is 2.38. The number of nitrogen functional groups attached to an aromatic ring is 1. The van der Waals surface area contributed by atoms with Gasteiger partial charge in [0.1, 0.15) is 0 Å². The van der Waals surface area contributed by atoms with Crippen molar-refractivity contribution in [1.82, 2.24) is 15.0 Å². The zero-order chi connectivity index (χ0) is 15.0. The van der Waals surface area contributed by atoms with Gasteiger partial charge in [0.25, 0.3) is 0 Å². The quantitative estimate of drug-likeness (QED) is 0.847. The van der Waals surface area contributed by atoms with E-state index in [0.29, 0.717) is 24.0 Å². The minimum atomic E-state index is -0.194. The molecule has 2 fully saturated rings. The molecular formula is C14H24N6O. The van der Waals surface area contributed by atoms with Crippen LogP contribution in [0.2, 0.25) is 0 Å². The molecule has 0 aromatic carbocycles. The number of nitrogens with two attached hydrogens (primary N) is 1. The van der Waals surface area contributed by atoms with Crippen LogP contribution < -0.4 is 15.5 Å². The van der Waals surface area contributed by atoms with Crippen molar-refractivity contribution in [3.8, 4) is 0 Å². The lowest BCUT2D eigenvalue weighted by atomic mass is 10.0. The van der Waals surface area contributed by atoms with E-state index in [0.717, 1.165) is 38.8 Å². The number of hydrogen-bond acceptors (Lipinski definition) is 7. The number of aliphatic hydroxyl groups excluding tert-OH is 1. The summed E-state index contributed by atoms with van der Waals surface area (Å²) in [6, 6.07) is 0.648. The maximum absolute atomic E-state index is 9.92. The van der Waals surface area contributed by atoms with Crippen LogP contribution in [0, 0.1) is 0 Å². The number of piperidine rings is 1. The fourth-order valence-electron chi connectivity index (χ4n) is 3.61. The van der Waals surface area contributed by atoms with E-state index < -0.39 is 0 Å². The van der Waals surface area contributed by atoms with Crippen LogP contribution in [-0.2, 0) is 0 Å². The summed E-state index contributed by atoms with van der Waals surface area (Å²) < 4.78 is 0. The van der Waals surface area contributed by atoms with Crippen molar-refractivity contribution in [2.24, 2.45) is 0 Å². The van der Waals surface area contributed by atoms with Crippen LogP contribution in [0.4, 0.5) is 17.8 Å². The smallest absolute Gasteiger partial charge is 0.232 e. The predicted molar refractivity (Wildman–Crippen MR) is 82.3 cm³/mol. The minimum absolute atomic E-state index is 0.194. The average Bonchev–Trinajstić information content (AvgIpc) is 2.72. The Kier molecular flexibility index (Phi) is 3.84. The molecule has 2 aliphatic rings. The Morgan fingerprint density at radius 2 is 1.76 bits per heavy atom. The van der Waals surface area contributed by atoms with E-state index in [-0.39, 0.29) is 12.1 Å². The molecular weight excluding hydrogens is 268 g/mol. The van der Waals surface area contributed by atoms with Crippen molar-refractivity contribution in [2.45, 2.75) is 57.7 Å². The van der Waals surface area contributed by atoms with Crippen LogP contribution in [0.25, 0.3) is 0 Å². The van der Waals surface area contributed by atoms with Gasteiger partial charge in [-0.05, 0) is 39.5 Å². The lowest BCUT2D eigenvalue weighted by Crippen LogP contribution is -2.46. The van der Waals surface area contributed by atoms with Crippen molar-refractivity contribution >= 4 is 17.8 Å². The van der Waals surface area contributed by atoms with Gasteiger partial charge in [0.2, 0.25) is 17.8 Å². The van der Waals surface area contributed by atoms with Gasteiger partial charge < -0.3 is 20.6 Å². The molecule has 0 saturated carbocycles. The maximum atomic E-state index is 9.92. The zero-order valence-corrected chi connectivity index (χ0v) is 12.7. The van der Waals surface area contributed by atoms with Gasteiger partial charge >= 0.3 is 0 Å². The largest absolute Gasteiger partial charge is 0.393 e. The van der Waals surface area contributed by atoms with E-state index in [9.17, 15) is 5.11 Å². The number of hydrogen-bond donors (Lipinski definition) is 2. The molecule has 7 nitrogen and oxygen atoms in total. The Morgan fingerprint density at radius 3 is 2.33 bits per heavy atom. The molecule has 2 atom stereocenters. The highest BCUT2D eigenvalue weighted by molar-refractivity contribution is 5.46. The molecule has 2 unspecified atom stereocenters. The SMILES string of the molecule is CCN(CC)c1nc(N)nc(N2C3CCC2CC(O)C3)n1. The number of nitrogens with zero attached hydrogens (tertiary/aromatic N) is 5. The zero-order valence-electron chi connectivity index (χ0n) is 12.7. The lowest BCUT2D eigenvalue weighted by Gasteiger charge is -2.37. The molecule has 2 aliphatic heterocycles. The van der Waals surface area contributed by atoms with Gasteiger partial charge in [-0.3, -0.25) is 0 Å². The second kappa shape index (κ2) is 5.63. The summed E-state index contributed by atoms with van der Waals surface area (Å²) in [6.07, 6.45) is 3.58. The third kappa shape index (κ3) is 2.62. The lowest BCUT2D eigenvalue weighted by molar-refractivity contribution is 0.125. The third-order valence-corrected chi connectivity index (χ3v) is 4.61. The second-order valence-corrected chi connectivity index (χ2v) is 5.88. The highest BCUT2D eigenvalue weighted by atomic mass is 16.3. The van der Waals surface area contributed by atoms with Crippen LogP contribution in [0.3, 0.4) is 0 Å². The molecule has 2 saturated heterocycles. The van der Waals surface area contributed by atoms with E-state index >= 15 is 0 Å². The second-order valence-electron chi connectivity index (χ2n) is 5.88. The van der Waals surface area contributed by atoms with Gasteiger partial charge in [0.15, 0.2) is 0 Å². The van der Waals surface area contributed by atoms with Crippen LogP contribution in [0.15, 0.2) is 0 Å². The normalized spacial score (nSPS) is 28.0. The molecule has 0 amide bonds. The first-order valence-electron chi connectivity index (χ1n) is 7.85. The van der Waals surface area contributed by atoms with Crippen molar-refractivity contribution in [3.63, 3.8) is 0 Å². The van der Waals surface area contributed by atoms with E-state index in [1.807, 2.05) is 0 Å². The fourth-order valence-corrected chi connectivity index (χ4v) is 3.61. The van der Waals surface area contributed by atoms with Crippen LogP contribution in [-0.4, -0.2) is 51.3 Å². The molecule has 3 rings (SSSR count). The van der Waals surface area contributed by atoms with E-state index in [1.54, 1.807) is 0 Å². The molecule has 0 aliphatic carbocycles. The van der Waals surface area contributed by atoms with Gasteiger partial charge in [-0.25, -0.2) is 0 Å². The number of aliphatic hydroxyl groups is 1. The molecule has 21 heavy (non-hydrogen) atoms. The molecule has 0 radical (unpaired) electrons. The topological polar surface area (TPSA) is 91.4 Å². The predicted octanol–water partition coefficient (Wildman–Crippen LogP) is 0.792. The Balaban J connectivity index is 1.92. The van der Waals surface area contributed by atoms with Gasteiger partial charge in [-0.1, -0.05) is 0 Å². The summed E-state index contributed by atoms with van der Waals surface area (Å²) in [6.45, 7) is 5.82. The van der Waals surface area contributed by atoms with Crippen molar-refractivity contribution < 1.29 is 5.11 Å². The summed E-state index contributed by atoms with van der Waals surface area (Å²) in [5.41, 5.74) is 5.89. The highest BCUT2D eigenvalue weighted by Gasteiger charge is 2.41. The number of anilines is 3. The Labute approximate surface area is 125 Å². The molecule has 3 heterocycles. The average molecular weight is 292 g/mol. The number of aromatic nitrogens is 3. The van der Waals surface area contributed by atoms with Crippen molar-refractivity contribution in [1.29, 1.82) is 0 Å². The molecule has 7 heteroatoms. The third-order valence-electron chi connectivity index (χ3n) is 4.61. The molecule has 1 aromatic rings. The summed E-state index contributed by atoms with van der Waals surface area (Å²) in [7, 11) is 0. The summed E-state index contributed by atoms with van der Waals surface area (Å²) in [4.78, 5) is 17.6. The first-order chi connectivity index (χ1) is 10.1. The van der Waals surface area contributed by atoms with E-state index in [1.165, 1.54) is 0 Å². The summed E-state index contributed by atoms with van der Waals surface area (Å²) >= 11 is 0. The summed E-state index contributed by atoms with van der Waals surface area (Å²) in [5.74, 6) is 1.59. The van der Waals surface area contributed by atoms with Gasteiger partial charge in [0.05, 0.1) is 6.10 Å². The van der Waals surface area contributed by atoms with Gasteiger partial charge in [-0.2, -0.15) is 15.0 Å². The van der Waals surface area contributed by atoms with Crippen LogP contribution in [0.5, 0.6) is 0 Å². The van der Waals surface area contributed by atoms with Gasteiger partial charge in [0, 0.05) is 25.2 Å². The fraction of sp³-hybridized carbons (Fsp3) is 0.786. The molecule has 2 bridgehead atoms.